The van der Waals surface area contributed by atoms with Crippen LogP contribution < -0.4 is 0 Å². The van der Waals surface area contributed by atoms with Gasteiger partial charge in [0.15, 0.2) is 5.78 Å². The summed E-state index contributed by atoms with van der Waals surface area (Å²) in [6, 6.07) is 19.6. The molecule has 0 amide bonds. The van der Waals surface area contributed by atoms with Gasteiger partial charge in [-0.3, -0.25) is 4.79 Å². The van der Waals surface area contributed by atoms with Crippen LogP contribution in [0.25, 0.3) is 0 Å². The van der Waals surface area contributed by atoms with E-state index in [9.17, 15) is 4.79 Å². The maximum absolute atomic E-state index is 12.7. The number of Topliss-reactive ketones (excluding diaryl/α,β-unsaturated/α-hetero) is 1. The highest BCUT2D eigenvalue weighted by Gasteiger charge is 2.26. The highest BCUT2D eigenvalue weighted by Crippen LogP contribution is 2.30. The van der Waals surface area contributed by atoms with Crippen molar-refractivity contribution in [1.82, 2.24) is 0 Å². The van der Waals surface area contributed by atoms with E-state index in [1.54, 1.807) is 0 Å². The topological polar surface area (TPSA) is 17.1 Å². The van der Waals surface area contributed by atoms with Crippen molar-refractivity contribution in [3.8, 4) is 0 Å². The van der Waals surface area contributed by atoms with Crippen molar-refractivity contribution in [2.24, 2.45) is 5.92 Å². The molecule has 2 aromatic rings. The Kier molecular flexibility index (Phi) is 4.89. The number of carbonyl (C=O) groups is 1. The van der Waals surface area contributed by atoms with Gasteiger partial charge in [-0.2, -0.15) is 0 Å². The molecule has 20 heavy (non-hydrogen) atoms. The Morgan fingerprint density at radius 2 is 1.60 bits per heavy atom. The lowest BCUT2D eigenvalue weighted by molar-refractivity contribution is 0.0906. The van der Waals surface area contributed by atoms with Crippen LogP contribution in [0.2, 0.25) is 0 Å². The normalized spacial score (nSPS) is 13.4. The van der Waals surface area contributed by atoms with Gasteiger partial charge in [-0.05, 0) is 12.0 Å². The molecule has 0 aliphatic rings. The van der Waals surface area contributed by atoms with Crippen molar-refractivity contribution in [2.75, 3.05) is 0 Å². The second-order valence-corrected chi connectivity index (χ2v) is 4.92. The van der Waals surface area contributed by atoms with Crippen LogP contribution in [0.4, 0.5) is 0 Å². The van der Waals surface area contributed by atoms with Crippen LogP contribution in [0.3, 0.4) is 0 Å². The minimum Gasteiger partial charge on any atom is -0.294 e. The zero-order valence-corrected chi connectivity index (χ0v) is 11.8. The quantitative estimate of drug-likeness (QED) is 0.537. The Hall–Kier alpha value is -2.15. The van der Waals surface area contributed by atoms with Crippen LogP contribution in [-0.4, -0.2) is 5.78 Å². The van der Waals surface area contributed by atoms with E-state index in [0.29, 0.717) is 0 Å². The fraction of sp³-hybridized carbons (Fsp3) is 0.211. The van der Waals surface area contributed by atoms with Gasteiger partial charge in [0.2, 0.25) is 0 Å². The van der Waals surface area contributed by atoms with E-state index in [-0.39, 0.29) is 17.6 Å². The third-order valence-corrected chi connectivity index (χ3v) is 3.71. The zero-order chi connectivity index (χ0) is 14.4. The van der Waals surface area contributed by atoms with Crippen LogP contribution in [0.5, 0.6) is 0 Å². The lowest BCUT2D eigenvalue weighted by Crippen LogP contribution is -2.21. The van der Waals surface area contributed by atoms with Crippen LogP contribution in [0, 0.1) is 5.92 Å². The number of allylic oxidation sites excluding steroid dienone is 1. The summed E-state index contributed by atoms with van der Waals surface area (Å²) in [5, 5.41) is 0. The van der Waals surface area contributed by atoms with Crippen LogP contribution in [0.1, 0.15) is 35.2 Å². The van der Waals surface area contributed by atoms with Crippen molar-refractivity contribution in [3.05, 3.63) is 84.4 Å². The van der Waals surface area contributed by atoms with Crippen molar-refractivity contribution < 1.29 is 4.79 Å². The number of carbonyl (C=O) groups excluding carboxylic acids is 1. The van der Waals surface area contributed by atoms with Gasteiger partial charge in [0.1, 0.15) is 0 Å². The first-order valence-electron chi connectivity index (χ1n) is 7.04. The molecule has 0 aliphatic heterocycles. The Balaban J connectivity index is 2.31. The first kappa shape index (κ1) is 14.3. The molecule has 1 heteroatoms. The second-order valence-electron chi connectivity index (χ2n) is 4.92. The number of benzene rings is 2. The van der Waals surface area contributed by atoms with Gasteiger partial charge in [0.05, 0.1) is 0 Å². The van der Waals surface area contributed by atoms with E-state index >= 15 is 0 Å². The second kappa shape index (κ2) is 6.85. The van der Waals surface area contributed by atoms with Gasteiger partial charge in [-0.25, -0.2) is 0 Å². The van der Waals surface area contributed by atoms with Gasteiger partial charge >= 0.3 is 0 Å². The number of hydrogen-bond acceptors (Lipinski definition) is 1. The van der Waals surface area contributed by atoms with Crippen LogP contribution >= 0.6 is 0 Å². The van der Waals surface area contributed by atoms with Crippen molar-refractivity contribution >= 4 is 5.78 Å². The summed E-state index contributed by atoms with van der Waals surface area (Å²) < 4.78 is 0. The lowest BCUT2D eigenvalue weighted by Gasteiger charge is -2.23. The highest BCUT2D eigenvalue weighted by atomic mass is 16.1. The standard InChI is InChI=1S/C19H20O/c1-3-17(15-11-7-5-8-12-15)18(4-2)19(20)16-13-9-6-10-14-16/h3,5-14,17-18H,1,4H2,2H3/t17-,18?/m0/s1. The van der Waals surface area contributed by atoms with Crippen LogP contribution in [0.15, 0.2) is 73.3 Å². The predicted molar refractivity (Wildman–Crippen MR) is 83.9 cm³/mol. The van der Waals surface area contributed by atoms with Crippen molar-refractivity contribution in [2.45, 2.75) is 19.3 Å². The summed E-state index contributed by atoms with van der Waals surface area (Å²) in [6.07, 6.45) is 2.70. The Labute approximate surface area is 121 Å². The molecule has 0 radical (unpaired) electrons. The monoisotopic (exact) mass is 264 g/mol. The molecule has 0 N–H and O–H groups in total. The molecule has 1 nitrogen and oxygen atoms in total. The summed E-state index contributed by atoms with van der Waals surface area (Å²) in [5.41, 5.74) is 1.93. The van der Waals surface area contributed by atoms with E-state index in [4.69, 9.17) is 0 Å². The van der Waals surface area contributed by atoms with Crippen molar-refractivity contribution in [3.63, 3.8) is 0 Å². The SMILES string of the molecule is C=C[C@@H](c1ccccc1)C(CC)C(=O)c1ccccc1. The van der Waals surface area contributed by atoms with Crippen molar-refractivity contribution in [1.29, 1.82) is 0 Å². The maximum atomic E-state index is 12.7. The molecule has 1 unspecified atom stereocenters. The zero-order valence-electron chi connectivity index (χ0n) is 11.8. The first-order chi connectivity index (χ1) is 9.77. The molecule has 102 valence electrons. The summed E-state index contributed by atoms with van der Waals surface area (Å²) in [5.74, 6) is 0.202. The third-order valence-electron chi connectivity index (χ3n) is 3.71. The summed E-state index contributed by atoms with van der Waals surface area (Å²) in [4.78, 5) is 12.7. The van der Waals surface area contributed by atoms with Gasteiger partial charge in [-0.15, -0.1) is 6.58 Å². The summed E-state index contributed by atoms with van der Waals surface area (Å²) in [6.45, 7) is 5.99. The third kappa shape index (κ3) is 3.05. The van der Waals surface area contributed by atoms with E-state index < -0.39 is 0 Å². The molecular formula is C19H20O. The summed E-state index contributed by atoms with van der Waals surface area (Å²) in [7, 11) is 0. The average molecular weight is 264 g/mol. The fourth-order valence-corrected chi connectivity index (χ4v) is 2.63. The number of rotatable bonds is 6. The highest BCUT2D eigenvalue weighted by molar-refractivity contribution is 5.98. The molecule has 0 aromatic heterocycles. The van der Waals surface area contributed by atoms with Gasteiger partial charge < -0.3 is 0 Å². The van der Waals surface area contributed by atoms with E-state index in [1.165, 1.54) is 0 Å². The fourth-order valence-electron chi connectivity index (χ4n) is 2.63. The van der Waals surface area contributed by atoms with E-state index in [0.717, 1.165) is 17.5 Å². The van der Waals surface area contributed by atoms with E-state index in [2.05, 4.69) is 25.6 Å². The minimum atomic E-state index is -0.0581. The molecule has 0 aliphatic carbocycles. The number of hydrogen-bond donors (Lipinski definition) is 0. The maximum Gasteiger partial charge on any atom is 0.166 e. The molecular weight excluding hydrogens is 244 g/mol. The molecule has 2 aromatic carbocycles. The van der Waals surface area contributed by atoms with Gasteiger partial charge in [-0.1, -0.05) is 73.7 Å². The van der Waals surface area contributed by atoms with Gasteiger partial charge in [0, 0.05) is 17.4 Å². The molecule has 2 atom stereocenters. The van der Waals surface area contributed by atoms with Crippen LogP contribution in [-0.2, 0) is 0 Å². The Morgan fingerprint density at radius 1 is 1.05 bits per heavy atom. The molecule has 0 saturated carbocycles. The molecule has 0 saturated heterocycles. The molecule has 0 heterocycles. The van der Waals surface area contributed by atoms with E-state index in [1.807, 2.05) is 54.6 Å². The number of ketones is 1. The lowest BCUT2D eigenvalue weighted by atomic mass is 9.80. The molecule has 0 fully saturated rings. The minimum absolute atomic E-state index is 0.0581. The Morgan fingerprint density at radius 3 is 2.10 bits per heavy atom. The summed E-state index contributed by atoms with van der Waals surface area (Å²) >= 11 is 0. The smallest absolute Gasteiger partial charge is 0.166 e. The molecule has 0 spiro atoms. The molecule has 2 rings (SSSR count). The van der Waals surface area contributed by atoms with Gasteiger partial charge in [0.25, 0.3) is 0 Å². The largest absolute Gasteiger partial charge is 0.294 e. The predicted octanol–water partition coefficient (Wildman–Crippen LogP) is 4.87. The first-order valence-corrected chi connectivity index (χ1v) is 7.04. The molecule has 0 bridgehead atoms. The average Bonchev–Trinajstić information content (AvgIpc) is 2.53. The Bertz CT molecular complexity index is 557.